The number of carbonyl (C=O) groups excluding carboxylic acids is 1. The van der Waals surface area contributed by atoms with Crippen LogP contribution in [0.2, 0.25) is 0 Å². The van der Waals surface area contributed by atoms with Gasteiger partial charge in [-0.1, -0.05) is 30.3 Å². The van der Waals surface area contributed by atoms with E-state index < -0.39 is 0 Å². The molecule has 3 rings (SSSR count). The minimum atomic E-state index is -0.131. The smallest absolute Gasteiger partial charge is 0.251 e. The van der Waals surface area contributed by atoms with Crippen LogP contribution in [0.5, 0.6) is 17.2 Å². The van der Waals surface area contributed by atoms with Crippen LogP contribution < -0.4 is 19.5 Å². The van der Waals surface area contributed by atoms with Crippen LogP contribution in [0, 0.1) is 0 Å². The van der Waals surface area contributed by atoms with Crippen molar-refractivity contribution in [1.29, 1.82) is 0 Å². The first kappa shape index (κ1) is 19.3. The SMILES string of the molecule is COc1ccc(OCCNC(=O)c2ccc(COc3ccccc3)cc2)cc1. The van der Waals surface area contributed by atoms with E-state index in [0.29, 0.717) is 25.3 Å². The average molecular weight is 377 g/mol. The zero-order valence-corrected chi connectivity index (χ0v) is 15.8. The van der Waals surface area contributed by atoms with Crippen LogP contribution >= 0.6 is 0 Å². The number of hydrogen-bond acceptors (Lipinski definition) is 4. The molecule has 0 heterocycles. The van der Waals surface area contributed by atoms with E-state index in [1.165, 1.54) is 0 Å². The number of rotatable bonds is 9. The molecule has 28 heavy (non-hydrogen) atoms. The fourth-order valence-electron chi connectivity index (χ4n) is 2.54. The van der Waals surface area contributed by atoms with E-state index in [-0.39, 0.29) is 5.91 Å². The molecule has 0 aliphatic rings. The van der Waals surface area contributed by atoms with Crippen LogP contribution in [0.1, 0.15) is 15.9 Å². The van der Waals surface area contributed by atoms with E-state index in [4.69, 9.17) is 14.2 Å². The molecular weight excluding hydrogens is 354 g/mol. The maximum absolute atomic E-state index is 12.2. The van der Waals surface area contributed by atoms with Gasteiger partial charge in [0.15, 0.2) is 0 Å². The van der Waals surface area contributed by atoms with Crippen molar-refractivity contribution in [2.75, 3.05) is 20.3 Å². The number of amides is 1. The predicted octanol–water partition coefficient (Wildman–Crippen LogP) is 4.08. The Hall–Kier alpha value is -3.47. The van der Waals surface area contributed by atoms with Gasteiger partial charge in [0.25, 0.3) is 5.91 Å². The highest BCUT2D eigenvalue weighted by molar-refractivity contribution is 5.94. The zero-order valence-electron chi connectivity index (χ0n) is 15.8. The van der Waals surface area contributed by atoms with Gasteiger partial charge in [-0.15, -0.1) is 0 Å². The second-order valence-electron chi connectivity index (χ2n) is 6.08. The van der Waals surface area contributed by atoms with Gasteiger partial charge in [-0.05, 0) is 54.1 Å². The topological polar surface area (TPSA) is 56.8 Å². The van der Waals surface area contributed by atoms with Gasteiger partial charge in [-0.25, -0.2) is 0 Å². The largest absolute Gasteiger partial charge is 0.497 e. The summed E-state index contributed by atoms with van der Waals surface area (Å²) in [5, 5.41) is 2.85. The Morgan fingerprint density at radius 2 is 1.43 bits per heavy atom. The van der Waals surface area contributed by atoms with E-state index >= 15 is 0 Å². The summed E-state index contributed by atoms with van der Waals surface area (Å²) in [4.78, 5) is 12.2. The van der Waals surface area contributed by atoms with Crippen LogP contribution in [0.15, 0.2) is 78.9 Å². The molecule has 0 unspecified atom stereocenters. The summed E-state index contributed by atoms with van der Waals surface area (Å²) >= 11 is 0. The quantitative estimate of drug-likeness (QED) is 0.571. The summed E-state index contributed by atoms with van der Waals surface area (Å²) in [5.41, 5.74) is 1.61. The van der Waals surface area contributed by atoms with Gasteiger partial charge in [-0.3, -0.25) is 4.79 Å². The molecule has 0 fully saturated rings. The lowest BCUT2D eigenvalue weighted by Gasteiger charge is -2.09. The molecule has 1 amide bonds. The molecule has 3 aromatic carbocycles. The lowest BCUT2D eigenvalue weighted by molar-refractivity contribution is 0.0947. The summed E-state index contributed by atoms with van der Waals surface area (Å²) in [6.45, 7) is 1.27. The Kier molecular flexibility index (Phi) is 6.90. The van der Waals surface area contributed by atoms with E-state index in [9.17, 15) is 4.79 Å². The van der Waals surface area contributed by atoms with E-state index in [1.54, 1.807) is 19.2 Å². The number of carbonyl (C=O) groups is 1. The maximum atomic E-state index is 12.2. The van der Waals surface area contributed by atoms with Gasteiger partial charge in [0.1, 0.15) is 30.5 Å². The summed E-state index contributed by atoms with van der Waals surface area (Å²) in [6.07, 6.45) is 0. The predicted molar refractivity (Wildman–Crippen MR) is 108 cm³/mol. The maximum Gasteiger partial charge on any atom is 0.251 e. The van der Waals surface area contributed by atoms with Gasteiger partial charge >= 0.3 is 0 Å². The van der Waals surface area contributed by atoms with Gasteiger partial charge in [0, 0.05) is 5.56 Å². The Labute approximate surface area is 164 Å². The number of methoxy groups -OCH3 is 1. The minimum Gasteiger partial charge on any atom is -0.497 e. The second-order valence-corrected chi connectivity index (χ2v) is 6.08. The van der Waals surface area contributed by atoms with Crippen LogP contribution in [0.25, 0.3) is 0 Å². The molecule has 0 spiro atoms. The molecule has 144 valence electrons. The van der Waals surface area contributed by atoms with E-state index in [2.05, 4.69) is 5.32 Å². The molecule has 0 aliphatic carbocycles. The third kappa shape index (κ3) is 5.77. The van der Waals surface area contributed by atoms with Crippen molar-refractivity contribution in [3.63, 3.8) is 0 Å². The molecule has 0 aliphatic heterocycles. The number of hydrogen-bond donors (Lipinski definition) is 1. The fourth-order valence-corrected chi connectivity index (χ4v) is 2.54. The molecule has 0 aromatic heterocycles. The zero-order chi connectivity index (χ0) is 19.6. The minimum absolute atomic E-state index is 0.131. The highest BCUT2D eigenvalue weighted by atomic mass is 16.5. The monoisotopic (exact) mass is 377 g/mol. The van der Waals surface area contributed by atoms with Crippen molar-refractivity contribution >= 4 is 5.91 Å². The molecule has 0 radical (unpaired) electrons. The summed E-state index contributed by atoms with van der Waals surface area (Å²) in [5.74, 6) is 2.20. The first-order valence-corrected chi connectivity index (χ1v) is 9.06. The van der Waals surface area contributed by atoms with Gasteiger partial charge in [0.2, 0.25) is 0 Å². The lowest BCUT2D eigenvalue weighted by Crippen LogP contribution is -2.28. The summed E-state index contributed by atoms with van der Waals surface area (Å²) < 4.78 is 16.4. The molecule has 1 N–H and O–H groups in total. The normalized spacial score (nSPS) is 10.2. The van der Waals surface area contributed by atoms with E-state index in [1.807, 2.05) is 66.7 Å². The highest BCUT2D eigenvalue weighted by Crippen LogP contribution is 2.16. The summed E-state index contributed by atoms with van der Waals surface area (Å²) in [6, 6.07) is 24.3. The van der Waals surface area contributed by atoms with Gasteiger partial charge < -0.3 is 19.5 Å². The molecule has 0 saturated heterocycles. The van der Waals surface area contributed by atoms with Gasteiger partial charge in [0.05, 0.1) is 13.7 Å². The van der Waals surface area contributed by atoms with Crippen molar-refractivity contribution in [2.24, 2.45) is 0 Å². The Bertz CT molecular complexity index is 861. The molecule has 0 atom stereocenters. The standard InChI is InChI=1S/C23H23NO4/c1-26-20-11-13-22(14-12-20)27-16-15-24-23(25)19-9-7-18(8-10-19)17-28-21-5-3-2-4-6-21/h2-14H,15-17H2,1H3,(H,24,25). The van der Waals surface area contributed by atoms with Crippen molar-refractivity contribution < 1.29 is 19.0 Å². The van der Waals surface area contributed by atoms with Gasteiger partial charge in [-0.2, -0.15) is 0 Å². The van der Waals surface area contributed by atoms with Crippen molar-refractivity contribution in [3.05, 3.63) is 90.0 Å². The van der Waals surface area contributed by atoms with Crippen LogP contribution in [0.3, 0.4) is 0 Å². The number of para-hydroxylation sites is 1. The fraction of sp³-hybridized carbons (Fsp3) is 0.174. The van der Waals surface area contributed by atoms with E-state index in [0.717, 1.165) is 22.8 Å². The van der Waals surface area contributed by atoms with Crippen LogP contribution in [-0.4, -0.2) is 26.2 Å². The Morgan fingerprint density at radius 3 is 2.11 bits per heavy atom. The number of nitrogens with one attached hydrogen (secondary N) is 1. The lowest BCUT2D eigenvalue weighted by atomic mass is 10.1. The molecule has 3 aromatic rings. The number of ether oxygens (including phenoxy) is 3. The van der Waals surface area contributed by atoms with Crippen molar-refractivity contribution in [1.82, 2.24) is 5.32 Å². The van der Waals surface area contributed by atoms with Crippen molar-refractivity contribution in [3.8, 4) is 17.2 Å². The summed E-state index contributed by atoms with van der Waals surface area (Å²) in [7, 11) is 1.62. The third-order valence-electron chi connectivity index (χ3n) is 4.08. The molecule has 0 bridgehead atoms. The number of benzene rings is 3. The first-order chi connectivity index (χ1) is 13.7. The highest BCUT2D eigenvalue weighted by Gasteiger charge is 2.05. The van der Waals surface area contributed by atoms with Crippen LogP contribution in [0.4, 0.5) is 0 Å². The van der Waals surface area contributed by atoms with Crippen molar-refractivity contribution in [2.45, 2.75) is 6.61 Å². The third-order valence-corrected chi connectivity index (χ3v) is 4.08. The molecule has 5 nitrogen and oxygen atoms in total. The second kappa shape index (κ2) is 10.0. The average Bonchev–Trinajstić information content (AvgIpc) is 2.76. The first-order valence-electron chi connectivity index (χ1n) is 9.06. The Balaban J connectivity index is 1.40. The van der Waals surface area contributed by atoms with Crippen LogP contribution in [-0.2, 0) is 6.61 Å². The molecular formula is C23H23NO4. The molecule has 0 saturated carbocycles. The Morgan fingerprint density at radius 1 is 0.786 bits per heavy atom. The molecule has 5 heteroatoms.